The van der Waals surface area contributed by atoms with Gasteiger partial charge in [0, 0.05) is 22.9 Å². The van der Waals surface area contributed by atoms with E-state index in [9.17, 15) is 9.59 Å². The molecule has 0 spiro atoms. The number of carbonyl (C=O) groups excluding carboxylic acids is 2. The minimum Gasteiger partial charge on any atom is -0.322 e. The lowest BCUT2D eigenvalue weighted by molar-refractivity contribution is -0.120. The quantitative estimate of drug-likeness (QED) is 0.618. The lowest BCUT2D eigenvalue weighted by atomic mass is 10.1. The normalized spacial score (nSPS) is 13.5. The lowest BCUT2D eigenvalue weighted by Gasteiger charge is -2.25. The van der Waals surface area contributed by atoms with Crippen LogP contribution in [0.25, 0.3) is 0 Å². The van der Waals surface area contributed by atoms with Crippen molar-refractivity contribution in [3.63, 3.8) is 0 Å². The van der Waals surface area contributed by atoms with E-state index in [-0.39, 0.29) is 5.91 Å². The molecule has 0 aromatic heterocycles. The van der Waals surface area contributed by atoms with E-state index < -0.39 is 12.1 Å². The van der Waals surface area contributed by atoms with Crippen LogP contribution < -0.4 is 15.5 Å². The van der Waals surface area contributed by atoms with Crippen molar-refractivity contribution in [2.45, 2.75) is 19.4 Å². The summed E-state index contributed by atoms with van der Waals surface area (Å²) in [6.45, 7) is 2.49. The predicted octanol–water partition coefficient (Wildman–Crippen LogP) is 5.10. The molecule has 0 fully saturated rings. The molecule has 152 valence electrons. The molecule has 1 atom stereocenters. The molecule has 3 amide bonds. The first-order chi connectivity index (χ1) is 14.5. The first-order valence-electron chi connectivity index (χ1n) is 9.81. The van der Waals surface area contributed by atoms with Crippen molar-refractivity contribution in [1.29, 1.82) is 0 Å². The molecule has 5 nitrogen and oxygen atoms in total. The number of hydrogen-bond acceptors (Lipinski definition) is 2. The van der Waals surface area contributed by atoms with E-state index in [1.807, 2.05) is 67.6 Å². The number of aryl methyl sites for hydroxylation is 1. The van der Waals surface area contributed by atoms with E-state index >= 15 is 0 Å². The van der Waals surface area contributed by atoms with Gasteiger partial charge in [0.2, 0.25) is 0 Å². The van der Waals surface area contributed by atoms with Crippen molar-refractivity contribution in [2.75, 3.05) is 16.8 Å². The molecule has 0 bridgehead atoms. The molecule has 0 unspecified atom stereocenters. The molecule has 30 heavy (non-hydrogen) atoms. The Hall–Kier alpha value is -3.31. The maximum Gasteiger partial charge on any atom is 0.320 e. The second-order valence-corrected chi connectivity index (χ2v) is 7.68. The Kier molecular flexibility index (Phi) is 5.72. The molecule has 1 aliphatic rings. The highest BCUT2D eigenvalue weighted by atomic mass is 35.5. The molecular weight excluding hydrogens is 398 g/mol. The highest BCUT2D eigenvalue weighted by Crippen LogP contribution is 2.30. The van der Waals surface area contributed by atoms with E-state index in [1.165, 1.54) is 0 Å². The fraction of sp³-hybridized carbons (Fsp3) is 0.167. The van der Waals surface area contributed by atoms with E-state index in [0.717, 1.165) is 28.8 Å². The highest BCUT2D eigenvalue weighted by Gasteiger charge is 2.32. The van der Waals surface area contributed by atoms with Gasteiger partial charge in [-0.2, -0.15) is 0 Å². The zero-order valence-electron chi connectivity index (χ0n) is 16.6. The van der Waals surface area contributed by atoms with E-state index in [1.54, 1.807) is 17.0 Å². The number of fused-ring (bicyclic) bond motifs is 1. The molecule has 1 aliphatic heterocycles. The van der Waals surface area contributed by atoms with Gasteiger partial charge < -0.3 is 15.5 Å². The molecule has 0 radical (unpaired) electrons. The Bertz CT molecular complexity index is 1080. The van der Waals surface area contributed by atoms with Crippen LogP contribution in [0.1, 0.15) is 22.7 Å². The fourth-order valence-electron chi connectivity index (χ4n) is 3.63. The number of nitrogens with one attached hydrogen (secondary N) is 2. The van der Waals surface area contributed by atoms with Crippen molar-refractivity contribution >= 4 is 34.9 Å². The largest absolute Gasteiger partial charge is 0.322 e. The monoisotopic (exact) mass is 419 g/mol. The Balaban J connectivity index is 1.57. The van der Waals surface area contributed by atoms with Crippen LogP contribution in [0.3, 0.4) is 0 Å². The standard InChI is InChI=1S/C24H22ClN3O2/c1-16-11-12-19(15-20(16)25)26-24(30)27-22(18-8-3-2-4-9-18)23(29)28-14-13-17-7-5-6-10-21(17)28/h2-12,15,22H,13-14H2,1H3,(H2,26,27,30)/t22-/m0/s1. The number of para-hydroxylation sites is 1. The number of nitrogens with zero attached hydrogens (tertiary/aromatic N) is 1. The number of amides is 3. The van der Waals surface area contributed by atoms with Crippen LogP contribution in [0.5, 0.6) is 0 Å². The van der Waals surface area contributed by atoms with E-state index in [4.69, 9.17) is 11.6 Å². The Morgan fingerprint density at radius 3 is 2.50 bits per heavy atom. The van der Waals surface area contributed by atoms with Gasteiger partial charge in [0.05, 0.1) is 0 Å². The number of halogens is 1. The fourth-order valence-corrected chi connectivity index (χ4v) is 3.81. The van der Waals surface area contributed by atoms with Gasteiger partial charge in [-0.05, 0) is 48.2 Å². The van der Waals surface area contributed by atoms with Crippen LogP contribution in [-0.4, -0.2) is 18.5 Å². The topological polar surface area (TPSA) is 61.4 Å². The third-order valence-electron chi connectivity index (χ3n) is 5.24. The zero-order chi connectivity index (χ0) is 21.1. The number of urea groups is 1. The number of hydrogen-bond donors (Lipinski definition) is 2. The van der Waals surface area contributed by atoms with Gasteiger partial charge in [-0.3, -0.25) is 4.79 Å². The highest BCUT2D eigenvalue weighted by molar-refractivity contribution is 6.31. The van der Waals surface area contributed by atoms with E-state index in [0.29, 0.717) is 17.3 Å². The molecule has 0 saturated carbocycles. The summed E-state index contributed by atoms with van der Waals surface area (Å²) in [7, 11) is 0. The van der Waals surface area contributed by atoms with Gasteiger partial charge in [0.1, 0.15) is 6.04 Å². The summed E-state index contributed by atoms with van der Waals surface area (Å²) in [6.07, 6.45) is 0.803. The molecule has 3 aromatic carbocycles. The van der Waals surface area contributed by atoms with Gasteiger partial charge in [-0.25, -0.2) is 4.79 Å². The van der Waals surface area contributed by atoms with Gasteiger partial charge in [0.25, 0.3) is 5.91 Å². The third kappa shape index (κ3) is 4.16. The molecule has 4 rings (SSSR count). The van der Waals surface area contributed by atoms with Gasteiger partial charge >= 0.3 is 6.03 Å². The van der Waals surface area contributed by atoms with Gasteiger partial charge in [0.15, 0.2) is 0 Å². The summed E-state index contributed by atoms with van der Waals surface area (Å²) in [5.74, 6) is -0.164. The number of benzene rings is 3. The maximum atomic E-state index is 13.5. The Labute approximate surface area is 180 Å². The molecule has 3 aromatic rings. The smallest absolute Gasteiger partial charge is 0.320 e. The first-order valence-corrected chi connectivity index (χ1v) is 10.2. The SMILES string of the molecule is Cc1ccc(NC(=O)N[C@H](C(=O)N2CCc3ccccc32)c2ccccc2)cc1Cl. The number of carbonyl (C=O) groups is 2. The summed E-state index contributed by atoms with van der Waals surface area (Å²) in [4.78, 5) is 27.9. The summed E-state index contributed by atoms with van der Waals surface area (Å²) >= 11 is 6.15. The van der Waals surface area contributed by atoms with Crippen molar-refractivity contribution in [1.82, 2.24) is 5.32 Å². The van der Waals surface area contributed by atoms with Crippen molar-refractivity contribution in [3.8, 4) is 0 Å². The van der Waals surface area contributed by atoms with Crippen molar-refractivity contribution < 1.29 is 9.59 Å². The molecule has 6 heteroatoms. The molecule has 0 aliphatic carbocycles. The van der Waals surface area contributed by atoms with Crippen LogP contribution >= 0.6 is 11.6 Å². The Morgan fingerprint density at radius 2 is 1.73 bits per heavy atom. The summed E-state index contributed by atoms with van der Waals surface area (Å²) in [5, 5.41) is 6.18. The first kappa shape index (κ1) is 20.0. The van der Waals surface area contributed by atoms with Crippen LogP contribution in [0, 0.1) is 6.92 Å². The van der Waals surface area contributed by atoms with Crippen molar-refractivity contribution in [2.24, 2.45) is 0 Å². The summed E-state index contributed by atoms with van der Waals surface area (Å²) < 4.78 is 0. The van der Waals surface area contributed by atoms with Crippen LogP contribution in [-0.2, 0) is 11.2 Å². The average Bonchev–Trinajstić information content (AvgIpc) is 3.19. The predicted molar refractivity (Wildman–Crippen MR) is 120 cm³/mol. The minimum absolute atomic E-state index is 0.164. The van der Waals surface area contributed by atoms with Crippen LogP contribution in [0.15, 0.2) is 72.8 Å². The van der Waals surface area contributed by atoms with Gasteiger partial charge in [-0.15, -0.1) is 0 Å². The van der Waals surface area contributed by atoms with Crippen LogP contribution in [0.4, 0.5) is 16.2 Å². The molecule has 2 N–H and O–H groups in total. The molecule has 1 heterocycles. The third-order valence-corrected chi connectivity index (χ3v) is 5.65. The molecular formula is C24H22ClN3O2. The number of anilines is 2. The summed E-state index contributed by atoms with van der Waals surface area (Å²) in [5.41, 5.74) is 4.25. The molecule has 0 saturated heterocycles. The maximum absolute atomic E-state index is 13.5. The number of rotatable bonds is 4. The lowest BCUT2D eigenvalue weighted by Crippen LogP contribution is -2.43. The van der Waals surface area contributed by atoms with Crippen LogP contribution in [0.2, 0.25) is 5.02 Å². The minimum atomic E-state index is -0.807. The van der Waals surface area contributed by atoms with E-state index in [2.05, 4.69) is 10.6 Å². The van der Waals surface area contributed by atoms with Gasteiger partial charge in [-0.1, -0.05) is 66.2 Å². The second kappa shape index (κ2) is 8.59. The second-order valence-electron chi connectivity index (χ2n) is 7.27. The van der Waals surface area contributed by atoms with Crippen molar-refractivity contribution in [3.05, 3.63) is 94.5 Å². The Morgan fingerprint density at radius 1 is 1.00 bits per heavy atom. The average molecular weight is 420 g/mol. The summed E-state index contributed by atoms with van der Waals surface area (Å²) in [6, 6.07) is 21.2. The zero-order valence-corrected chi connectivity index (χ0v) is 17.3.